The minimum Gasteiger partial charge on any atom is -0.373 e. The van der Waals surface area contributed by atoms with Crippen molar-refractivity contribution < 1.29 is 4.79 Å². The lowest BCUT2D eigenvalue weighted by Crippen LogP contribution is -2.19. The highest BCUT2D eigenvalue weighted by atomic mass is 16.2. The maximum atomic E-state index is 12.0. The Kier molecular flexibility index (Phi) is 4.18. The summed E-state index contributed by atoms with van der Waals surface area (Å²) in [6, 6.07) is 1.85. The molecule has 0 saturated heterocycles. The molecule has 1 amide bonds. The number of hydrogen-bond donors (Lipinski definition) is 2. The van der Waals surface area contributed by atoms with Gasteiger partial charge in [0.15, 0.2) is 11.6 Å². The SMILES string of the molecule is CNc1cc(C)nc(-c2cnn(CC(=O)Nc3cnn(C)n3)c2)n1. The van der Waals surface area contributed by atoms with Crippen LogP contribution in [0.5, 0.6) is 0 Å². The van der Waals surface area contributed by atoms with E-state index in [1.807, 2.05) is 13.0 Å². The lowest BCUT2D eigenvalue weighted by Gasteiger charge is -2.03. The van der Waals surface area contributed by atoms with Crippen LogP contribution < -0.4 is 10.6 Å². The van der Waals surface area contributed by atoms with Gasteiger partial charge in [-0.3, -0.25) is 9.48 Å². The van der Waals surface area contributed by atoms with Gasteiger partial charge in [-0.05, 0) is 6.92 Å². The van der Waals surface area contributed by atoms with Crippen molar-refractivity contribution in [1.82, 2.24) is 34.7 Å². The zero-order valence-electron chi connectivity index (χ0n) is 13.6. The Hall–Kier alpha value is -3.30. The topological polar surface area (TPSA) is 115 Å². The summed E-state index contributed by atoms with van der Waals surface area (Å²) >= 11 is 0. The van der Waals surface area contributed by atoms with Gasteiger partial charge in [-0.1, -0.05) is 0 Å². The van der Waals surface area contributed by atoms with E-state index in [1.165, 1.54) is 15.7 Å². The molecule has 3 aromatic heterocycles. The highest BCUT2D eigenvalue weighted by Crippen LogP contribution is 2.17. The number of anilines is 2. The van der Waals surface area contributed by atoms with Crippen molar-refractivity contribution in [3.8, 4) is 11.4 Å². The second-order valence-corrected chi connectivity index (χ2v) is 5.16. The minimum absolute atomic E-state index is 0.0568. The molecule has 2 N–H and O–H groups in total. The first-order valence-electron chi connectivity index (χ1n) is 7.26. The minimum atomic E-state index is -0.244. The average molecular weight is 327 g/mol. The fraction of sp³-hybridized carbons (Fsp3) is 0.286. The molecule has 0 radical (unpaired) electrons. The van der Waals surface area contributed by atoms with Gasteiger partial charge in [0.05, 0.1) is 18.0 Å². The van der Waals surface area contributed by atoms with E-state index in [2.05, 4.69) is 35.9 Å². The molecule has 0 spiro atoms. The Labute approximate surface area is 137 Å². The van der Waals surface area contributed by atoms with Gasteiger partial charge >= 0.3 is 0 Å². The van der Waals surface area contributed by atoms with Crippen molar-refractivity contribution in [1.29, 1.82) is 0 Å². The van der Waals surface area contributed by atoms with Crippen LogP contribution in [0.15, 0.2) is 24.7 Å². The summed E-state index contributed by atoms with van der Waals surface area (Å²) in [6.07, 6.45) is 4.83. The third kappa shape index (κ3) is 3.54. The molecule has 0 bridgehead atoms. The molecule has 0 aliphatic carbocycles. The van der Waals surface area contributed by atoms with Crippen molar-refractivity contribution in [2.75, 3.05) is 17.7 Å². The first-order valence-corrected chi connectivity index (χ1v) is 7.26. The lowest BCUT2D eigenvalue weighted by molar-refractivity contribution is -0.116. The summed E-state index contributed by atoms with van der Waals surface area (Å²) in [5.41, 5.74) is 1.58. The Balaban J connectivity index is 1.71. The second kappa shape index (κ2) is 6.44. The molecule has 0 saturated carbocycles. The van der Waals surface area contributed by atoms with Crippen LogP contribution in [0.4, 0.5) is 11.6 Å². The molecule has 10 heteroatoms. The van der Waals surface area contributed by atoms with Crippen molar-refractivity contribution in [3.05, 3.63) is 30.4 Å². The summed E-state index contributed by atoms with van der Waals surface area (Å²) in [5.74, 6) is 1.44. The predicted octanol–water partition coefficient (Wildman–Crippen LogP) is 0.457. The Bertz CT molecular complexity index is 867. The molecule has 3 rings (SSSR count). The molecule has 0 unspecified atom stereocenters. The molecule has 10 nitrogen and oxygen atoms in total. The molecule has 0 aliphatic rings. The molecule has 0 aliphatic heterocycles. The quantitative estimate of drug-likeness (QED) is 0.699. The molecule has 0 atom stereocenters. The molecular weight excluding hydrogens is 310 g/mol. The summed E-state index contributed by atoms with van der Waals surface area (Å²) in [7, 11) is 3.47. The van der Waals surface area contributed by atoms with Crippen molar-refractivity contribution in [3.63, 3.8) is 0 Å². The number of nitrogens with zero attached hydrogens (tertiary/aromatic N) is 7. The van der Waals surface area contributed by atoms with Gasteiger partial charge < -0.3 is 10.6 Å². The summed E-state index contributed by atoms with van der Waals surface area (Å²) in [4.78, 5) is 22.1. The van der Waals surface area contributed by atoms with Gasteiger partial charge in [-0.2, -0.15) is 15.0 Å². The average Bonchev–Trinajstić information content (AvgIpc) is 3.16. The first-order chi connectivity index (χ1) is 11.5. The largest absolute Gasteiger partial charge is 0.373 e. The van der Waals surface area contributed by atoms with E-state index in [9.17, 15) is 4.79 Å². The first kappa shape index (κ1) is 15.6. The molecule has 24 heavy (non-hydrogen) atoms. The van der Waals surface area contributed by atoms with Crippen molar-refractivity contribution in [2.24, 2.45) is 7.05 Å². The number of amides is 1. The normalized spacial score (nSPS) is 10.6. The molecule has 3 heterocycles. The molecule has 124 valence electrons. The van der Waals surface area contributed by atoms with E-state index < -0.39 is 0 Å². The van der Waals surface area contributed by atoms with Crippen LogP contribution in [0.3, 0.4) is 0 Å². The summed E-state index contributed by atoms with van der Waals surface area (Å²) in [5, 5.41) is 17.7. The highest BCUT2D eigenvalue weighted by Gasteiger charge is 2.10. The predicted molar refractivity (Wildman–Crippen MR) is 87.2 cm³/mol. The Morgan fingerprint density at radius 1 is 1.21 bits per heavy atom. The number of carbonyl (C=O) groups excluding carboxylic acids is 1. The molecule has 0 fully saturated rings. The van der Waals surface area contributed by atoms with Crippen LogP contribution in [0.1, 0.15) is 5.69 Å². The summed E-state index contributed by atoms with van der Waals surface area (Å²) in [6.45, 7) is 1.95. The van der Waals surface area contributed by atoms with E-state index in [0.29, 0.717) is 11.6 Å². The number of nitrogens with one attached hydrogen (secondary N) is 2. The highest BCUT2D eigenvalue weighted by molar-refractivity contribution is 5.89. The van der Waals surface area contributed by atoms with E-state index in [1.54, 1.807) is 26.5 Å². The van der Waals surface area contributed by atoms with Gasteiger partial charge in [-0.25, -0.2) is 9.97 Å². The van der Waals surface area contributed by atoms with Crippen LogP contribution >= 0.6 is 0 Å². The zero-order valence-corrected chi connectivity index (χ0v) is 13.6. The molecular formula is C14H17N9O. The van der Waals surface area contributed by atoms with Gasteiger partial charge in [-0.15, -0.1) is 5.10 Å². The van der Waals surface area contributed by atoms with Crippen LogP contribution in [-0.2, 0) is 18.4 Å². The van der Waals surface area contributed by atoms with Crippen LogP contribution in [0.2, 0.25) is 0 Å². The number of hydrogen-bond acceptors (Lipinski definition) is 7. The van der Waals surface area contributed by atoms with Crippen molar-refractivity contribution in [2.45, 2.75) is 13.5 Å². The maximum absolute atomic E-state index is 12.0. The summed E-state index contributed by atoms with van der Waals surface area (Å²) < 4.78 is 1.52. The van der Waals surface area contributed by atoms with E-state index in [0.717, 1.165) is 17.1 Å². The lowest BCUT2D eigenvalue weighted by atomic mass is 10.3. The Morgan fingerprint density at radius 3 is 2.75 bits per heavy atom. The standard InChI is InChI=1S/C14H17N9O/c1-9-4-11(15-2)20-14(18-9)10-5-17-23(7-10)8-13(24)19-12-6-16-22(3)21-12/h4-7H,8H2,1-3H3,(H,15,18,20)(H,19,21,24). The van der Waals surface area contributed by atoms with Crippen LogP contribution in [-0.4, -0.2) is 47.7 Å². The van der Waals surface area contributed by atoms with Gasteiger partial charge in [0.25, 0.3) is 0 Å². The van der Waals surface area contributed by atoms with Gasteiger partial charge in [0.1, 0.15) is 12.4 Å². The van der Waals surface area contributed by atoms with Crippen molar-refractivity contribution >= 4 is 17.5 Å². The maximum Gasteiger partial charge on any atom is 0.247 e. The smallest absolute Gasteiger partial charge is 0.247 e. The number of aromatic nitrogens is 7. The number of carbonyl (C=O) groups is 1. The molecule has 3 aromatic rings. The Morgan fingerprint density at radius 2 is 2.04 bits per heavy atom. The number of aryl methyl sites for hydroxylation is 2. The fourth-order valence-electron chi connectivity index (χ4n) is 2.12. The fourth-order valence-corrected chi connectivity index (χ4v) is 2.12. The van der Waals surface area contributed by atoms with E-state index >= 15 is 0 Å². The molecule has 0 aromatic carbocycles. The van der Waals surface area contributed by atoms with Gasteiger partial charge in [0, 0.05) is 32.1 Å². The third-order valence-electron chi connectivity index (χ3n) is 3.17. The van der Waals surface area contributed by atoms with E-state index in [-0.39, 0.29) is 12.5 Å². The third-order valence-corrected chi connectivity index (χ3v) is 3.17. The van der Waals surface area contributed by atoms with Crippen LogP contribution in [0, 0.1) is 6.92 Å². The second-order valence-electron chi connectivity index (χ2n) is 5.16. The monoisotopic (exact) mass is 327 g/mol. The van der Waals surface area contributed by atoms with Gasteiger partial charge in [0.2, 0.25) is 5.91 Å². The van der Waals surface area contributed by atoms with E-state index in [4.69, 9.17) is 0 Å². The number of rotatable bonds is 5. The van der Waals surface area contributed by atoms with Crippen LogP contribution in [0.25, 0.3) is 11.4 Å². The zero-order chi connectivity index (χ0) is 17.1.